The van der Waals surface area contributed by atoms with Gasteiger partial charge in [0, 0.05) is 37.1 Å². The predicted molar refractivity (Wildman–Crippen MR) is 199 cm³/mol. The van der Waals surface area contributed by atoms with Crippen molar-refractivity contribution in [2.75, 3.05) is 0 Å². The second-order valence-corrected chi connectivity index (χ2v) is 14.5. The van der Waals surface area contributed by atoms with E-state index in [1.165, 1.54) is 0 Å². The molecule has 4 aliphatic heterocycles. The Labute approximate surface area is 299 Å². The van der Waals surface area contributed by atoms with E-state index in [2.05, 4.69) is 34.9 Å². The van der Waals surface area contributed by atoms with Gasteiger partial charge in [-0.05, 0) is 90.3 Å². The molecule has 0 spiro atoms. The first-order valence-electron chi connectivity index (χ1n) is 17.1. The van der Waals surface area contributed by atoms with E-state index < -0.39 is 7.92 Å². The van der Waals surface area contributed by atoms with Crippen LogP contribution in [-0.2, 0) is 22.7 Å². The van der Waals surface area contributed by atoms with Crippen molar-refractivity contribution in [1.82, 2.24) is 10.6 Å². The quantitative estimate of drug-likeness (QED) is 0.127. The zero-order valence-electron chi connectivity index (χ0n) is 28.2. The highest BCUT2D eigenvalue weighted by Gasteiger charge is 2.21. The highest BCUT2D eigenvalue weighted by molar-refractivity contribution is 7.79. The lowest BCUT2D eigenvalue weighted by Crippen LogP contribution is -2.29. The Morgan fingerprint density at radius 2 is 0.863 bits per heavy atom. The maximum atomic E-state index is 13.7. The fourth-order valence-corrected chi connectivity index (χ4v) is 8.15. The van der Waals surface area contributed by atoms with Crippen LogP contribution in [-0.4, -0.2) is 23.8 Å². The normalized spacial score (nSPS) is 15.0. The number of ether oxygens (including phenoxy) is 2. The van der Waals surface area contributed by atoms with Crippen molar-refractivity contribution in [3.8, 4) is 11.5 Å². The Hall–Kier alpha value is -5.59. The maximum absolute atomic E-state index is 13.7. The fourth-order valence-electron chi connectivity index (χ4n) is 5.78. The number of benzene rings is 5. The number of hydrogen-bond acceptors (Lipinski definition) is 6. The van der Waals surface area contributed by atoms with Gasteiger partial charge < -0.3 is 20.1 Å². The number of carbonyl (C=O) groups is 4. The van der Waals surface area contributed by atoms with Gasteiger partial charge in [0.1, 0.15) is 11.5 Å². The minimum atomic E-state index is -1.10. The third kappa shape index (κ3) is 9.99. The molecule has 2 N–H and O–H groups in total. The molecule has 9 heteroatoms. The van der Waals surface area contributed by atoms with Gasteiger partial charge in [-0.2, -0.15) is 0 Å². The zero-order valence-corrected chi connectivity index (χ0v) is 29.1. The predicted octanol–water partition coefficient (Wildman–Crippen LogP) is 6.47. The Morgan fingerprint density at radius 1 is 0.451 bits per heavy atom. The molecule has 0 atom stereocenters. The van der Waals surface area contributed by atoms with Crippen LogP contribution in [0.25, 0.3) is 0 Å². The van der Waals surface area contributed by atoms with Crippen molar-refractivity contribution in [3.05, 3.63) is 150 Å². The third-order valence-electron chi connectivity index (χ3n) is 8.46. The van der Waals surface area contributed by atoms with E-state index in [0.29, 0.717) is 35.5 Å². The van der Waals surface area contributed by atoms with Crippen LogP contribution in [0.4, 0.5) is 0 Å². The van der Waals surface area contributed by atoms with Crippen LogP contribution in [0.2, 0.25) is 0 Å². The summed E-state index contributed by atoms with van der Waals surface area (Å²) in [5.41, 5.74) is 2.39. The Balaban J connectivity index is 1.31. The third-order valence-corrected chi connectivity index (χ3v) is 10.9. The Bertz CT molecular complexity index is 1830. The summed E-state index contributed by atoms with van der Waals surface area (Å²) < 4.78 is 11.0. The van der Waals surface area contributed by atoms with E-state index in [9.17, 15) is 19.2 Å². The number of hydrogen-bond donors (Lipinski definition) is 2. The van der Waals surface area contributed by atoms with Gasteiger partial charge in [0.15, 0.2) is 0 Å². The summed E-state index contributed by atoms with van der Waals surface area (Å²) in [5.74, 6) is -0.410. The van der Waals surface area contributed by atoms with Gasteiger partial charge in [-0.15, -0.1) is 0 Å². The second kappa shape index (κ2) is 17.4. The first-order chi connectivity index (χ1) is 24.9. The molecule has 6 bridgehead atoms. The molecule has 9 rings (SSSR count). The van der Waals surface area contributed by atoms with Gasteiger partial charge in [-0.3, -0.25) is 19.2 Å². The molecular weight excluding hydrogens is 659 g/mol. The van der Waals surface area contributed by atoms with Crippen molar-refractivity contribution >= 4 is 47.6 Å². The van der Waals surface area contributed by atoms with Crippen molar-refractivity contribution in [3.63, 3.8) is 0 Å². The van der Waals surface area contributed by atoms with Crippen molar-refractivity contribution in [2.45, 2.75) is 51.6 Å². The molecule has 0 unspecified atom stereocenters. The SMILES string of the molecule is O=C1CCCCCCC(=O)Oc2ccc(cc2)CNC(=O)c2cc(cc(P(c3ccccc3)c3ccccc3)c2)C(=O)NCc2ccc(cc2)O1. The zero-order chi connectivity index (χ0) is 35.4. The summed E-state index contributed by atoms with van der Waals surface area (Å²) in [4.78, 5) is 52.2. The van der Waals surface area contributed by atoms with Gasteiger partial charge in [-0.1, -0.05) is 97.8 Å². The van der Waals surface area contributed by atoms with Crippen LogP contribution in [0.1, 0.15) is 70.4 Å². The average Bonchev–Trinajstić information content (AvgIpc) is 3.16. The van der Waals surface area contributed by atoms with Crippen LogP contribution in [0, 0.1) is 0 Å². The van der Waals surface area contributed by atoms with E-state index >= 15 is 0 Å². The van der Waals surface area contributed by atoms with E-state index in [1.54, 1.807) is 54.6 Å². The molecule has 0 saturated carbocycles. The van der Waals surface area contributed by atoms with Crippen LogP contribution in [0.3, 0.4) is 0 Å². The van der Waals surface area contributed by atoms with Crippen LogP contribution in [0.5, 0.6) is 11.5 Å². The molecule has 4 heterocycles. The summed E-state index contributed by atoms with van der Waals surface area (Å²) in [5, 5.41) is 9.03. The molecule has 0 saturated heterocycles. The van der Waals surface area contributed by atoms with Gasteiger partial charge in [0.05, 0.1) is 0 Å². The lowest BCUT2D eigenvalue weighted by molar-refractivity contribution is -0.135. The van der Waals surface area contributed by atoms with Crippen LogP contribution >= 0.6 is 7.92 Å². The number of nitrogens with one attached hydrogen (secondary N) is 2. The number of rotatable bonds is 3. The standard InChI is InChI=1S/C42H39N2O6P/c45-39-15-9-1-2-10-16-40(46)50-35-23-19-31(20-24-35)29-44-42(48)33-25-32(41(47)43-28-30-17-21-34(49-39)22-18-30)26-38(27-33)51(36-11-5-3-6-12-36)37-13-7-4-8-14-37/h3-8,11-14,17-27H,1-2,9-10,15-16,28-29H2,(H,43,47)(H,44,48). The molecule has 5 aromatic rings. The first kappa shape index (κ1) is 35.2. The van der Waals surface area contributed by atoms with Gasteiger partial charge >= 0.3 is 11.9 Å². The van der Waals surface area contributed by atoms with Crippen molar-refractivity contribution in [1.29, 1.82) is 0 Å². The number of amides is 2. The summed E-state index contributed by atoms with van der Waals surface area (Å²) in [6, 6.07) is 39.6. The molecule has 0 fully saturated rings. The van der Waals surface area contributed by atoms with Gasteiger partial charge in [0.25, 0.3) is 11.8 Å². The van der Waals surface area contributed by atoms with E-state index in [-0.39, 0.29) is 49.7 Å². The molecule has 4 aliphatic rings. The largest absolute Gasteiger partial charge is 0.427 e. The summed E-state index contributed by atoms with van der Waals surface area (Å²) in [7, 11) is -1.10. The maximum Gasteiger partial charge on any atom is 0.311 e. The number of esters is 2. The molecule has 0 radical (unpaired) electrons. The molecular formula is C42H39N2O6P. The first-order valence-corrected chi connectivity index (χ1v) is 18.5. The Kier molecular flexibility index (Phi) is 12.0. The molecule has 8 nitrogen and oxygen atoms in total. The molecule has 5 aromatic carbocycles. The molecule has 51 heavy (non-hydrogen) atoms. The van der Waals surface area contributed by atoms with Gasteiger partial charge in [0.2, 0.25) is 0 Å². The van der Waals surface area contributed by atoms with Crippen LogP contribution in [0.15, 0.2) is 127 Å². The Morgan fingerprint density at radius 3 is 1.27 bits per heavy atom. The van der Waals surface area contributed by atoms with Crippen molar-refractivity contribution < 1.29 is 28.7 Å². The minimum absolute atomic E-state index is 0.243. The van der Waals surface area contributed by atoms with Crippen molar-refractivity contribution in [2.24, 2.45) is 0 Å². The van der Waals surface area contributed by atoms with Crippen LogP contribution < -0.4 is 36.0 Å². The van der Waals surface area contributed by atoms with E-state index in [1.807, 2.05) is 48.5 Å². The fraction of sp³-hybridized carbons (Fsp3) is 0.190. The summed E-state index contributed by atoms with van der Waals surface area (Å²) in [6.07, 6.45) is 3.49. The van der Waals surface area contributed by atoms with E-state index in [4.69, 9.17) is 9.47 Å². The molecule has 258 valence electrons. The van der Waals surface area contributed by atoms with E-state index in [0.717, 1.165) is 39.9 Å². The average molecular weight is 699 g/mol. The minimum Gasteiger partial charge on any atom is -0.427 e. The lowest BCUT2D eigenvalue weighted by Gasteiger charge is -2.21. The molecule has 0 aliphatic carbocycles. The molecule has 0 aromatic heterocycles. The lowest BCUT2D eigenvalue weighted by atomic mass is 10.1. The van der Waals surface area contributed by atoms with Gasteiger partial charge in [-0.25, -0.2) is 0 Å². The second-order valence-electron chi connectivity index (χ2n) is 12.3. The number of carbonyl (C=O) groups excluding carboxylic acids is 4. The highest BCUT2D eigenvalue weighted by atomic mass is 31.1. The smallest absolute Gasteiger partial charge is 0.311 e. The highest BCUT2D eigenvalue weighted by Crippen LogP contribution is 2.33. The molecule has 2 amide bonds. The topological polar surface area (TPSA) is 111 Å². The summed E-state index contributed by atoms with van der Waals surface area (Å²) >= 11 is 0. The monoisotopic (exact) mass is 698 g/mol. The summed E-state index contributed by atoms with van der Waals surface area (Å²) in [6.45, 7) is 0.486.